The topological polar surface area (TPSA) is 49.4 Å². The highest BCUT2D eigenvalue weighted by molar-refractivity contribution is 6.08. The quantitative estimate of drug-likeness (QED) is 0.721. The second-order valence-electron chi connectivity index (χ2n) is 6.14. The molecule has 2 amide bonds. The minimum absolute atomic E-state index is 0.154. The van der Waals surface area contributed by atoms with Crippen molar-refractivity contribution < 1.29 is 9.59 Å². The number of carbonyl (C=O) groups excluding carboxylic acids is 2. The molecule has 26 heavy (non-hydrogen) atoms. The molecule has 4 nitrogen and oxygen atoms in total. The first-order valence-corrected chi connectivity index (χ1v) is 8.34. The molecule has 0 atom stereocenters. The van der Waals surface area contributed by atoms with Gasteiger partial charge in [0, 0.05) is 20.2 Å². The maximum absolute atomic E-state index is 12.3. The first-order valence-electron chi connectivity index (χ1n) is 8.34. The highest BCUT2D eigenvalue weighted by atomic mass is 16.2. The van der Waals surface area contributed by atoms with E-state index in [1.54, 1.807) is 44.4 Å². The third-order valence-electron chi connectivity index (χ3n) is 4.06. The van der Waals surface area contributed by atoms with E-state index in [-0.39, 0.29) is 11.8 Å². The number of fused-ring (bicyclic) bond motifs is 1. The molecule has 130 valence electrons. The molecule has 0 fully saturated rings. The molecule has 0 bridgehead atoms. The van der Waals surface area contributed by atoms with E-state index in [1.165, 1.54) is 11.0 Å². The van der Waals surface area contributed by atoms with Crippen LogP contribution in [0.4, 0.5) is 5.69 Å². The number of benzene rings is 3. The maximum Gasteiger partial charge on any atom is 0.255 e. The minimum atomic E-state index is -0.281. The number of anilines is 1. The van der Waals surface area contributed by atoms with Gasteiger partial charge in [-0.25, -0.2) is 0 Å². The molecule has 0 aliphatic heterocycles. The number of amides is 2. The fraction of sp³-hybridized carbons (Fsp3) is 0.0909. The van der Waals surface area contributed by atoms with Crippen LogP contribution < -0.4 is 5.32 Å². The van der Waals surface area contributed by atoms with Crippen molar-refractivity contribution in [1.29, 1.82) is 0 Å². The van der Waals surface area contributed by atoms with E-state index in [4.69, 9.17) is 0 Å². The van der Waals surface area contributed by atoms with Crippen LogP contribution in [-0.4, -0.2) is 30.8 Å². The molecule has 0 unspecified atom stereocenters. The molecule has 3 aromatic carbocycles. The number of hydrogen-bond acceptors (Lipinski definition) is 2. The predicted molar refractivity (Wildman–Crippen MR) is 106 cm³/mol. The molecule has 0 saturated heterocycles. The van der Waals surface area contributed by atoms with Gasteiger partial charge in [0.05, 0.1) is 11.3 Å². The Bertz CT molecular complexity index is 985. The standard InChI is InChI=1S/C22H20N2O2/c1-24(2)22(26)19-12-5-6-13-20(19)23-21(25)15-14-17-10-7-9-16-8-3-4-11-18(16)17/h3-15H,1-2H3,(H,23,25). The number of carbonyl (C=O) groups is 2. The summed E-state index contributed by atoms with van der Waals surface area (Å²) in [5, 5.41) is 5.00. The molecule has 3 aromatic rings. The Morgan fingerprint density at radius 3 is 2.38 bits per heavy atom. The smallest absolute Gasteiger partial charge is 0.255 e. The third-order valence-corrected chi connectivity index (χ3v) is 4.06. The number of hydrogen-bond donors (Lipinski definition) is 1. The van der Waals surface area contributed by atoms with Crippen LogP contribution in [-0.2, 0) is 4.79 Å². The van der Waals surface area contributed by atoms with E-state index in [0.29, 0.717) is 11.3 Å². The number of nitrogens with one attached hydrogen (secondary N) is 1. The van der Waals surface area contributed by atoms with Crippen LogP contribution in [0.3, 0.4) is 0 Å². The van der Waals surface area contributed by atoms with E-state index >= 15 is 0 Å². The van der Waals surface area contributed by atoms with Gasteiger partial charge in [0.1, 0.15) is 0 Å². The van der Waals surface area contributed by atoms with E-state index in [1.807, 2.05) is 42.5 Å². The zero-order chi connectivity index (χ0) is 18.5. The van der Waals surface area contributed by atoms with Gasteiger partial charge >= 0.3 is 0 Å². The summed E-state index contributed by atoms with van der Waals surface area (Å²) in [5.41, 5.74) is 1.93. The maximum atomic E-state index is 12.3. The fourth-order valence-electron chi connectivity index (χ4n) is 2.76. The van der Waals surface area contributed by atoms with Gasteiger partial charge in [-0.2, -0.15) is 0 Å². The Hall–Kier alpha value is -3.40. The zero-order valence-electron chi connectivity index (χ0n) is 14.8. The van der Waals surface area contributed by atoms with E-state index in [2.05, 4.69) is 5.32 Å². The summed E-state index contributed by atoms with van der Waals surface area (Å²) in [7, 11) is 3.36. The summed E-state index contributed by atoms with van der Waals surface area (Å²) in [4.78, 5) is 26.1. The van der Waals surface area contributed by atoms with Crippen LogP contribution in [0.2, 0.25) is 0 Å². The Morgan fingerprint density at radius 1 is 0.885 bits per heavy atom. The van der Waals surface area contributed by atoms with Crippen LogP contribution in [0.1, 0.15) is 15.9 Å². The number of nitrogens with zero attached hydrogens (tertiary/aromatic N) is 1. The van der Waals surface area contributed by atoms with Gasteiger partial charge < -0.3 is 10.2 Å². The first kappa shape index (κ1) is 17.4. The van der Waals surface area contributed by atoms with Crippen LogP contribution >= 0.6 is 0 Å². The summed E-state index contributed by atoms with van der Waals surface area (Å²) >= 11 is 0. The van der Waals surface area contributed by atoms with Gasteiger partial charge in [-0.05, 0) is 34.5 Å². The average molecular weight is 344 g/mol. The molecular weight excluding hydrogens is 324 g/mol. The van der Waals surface area contributed by atoms with Crippen LogP contribution in [0.15, 0.2) is 72.8 Å². The molecule has 0 aromatic heterocycles. The molecule has 0 aliphatic rings. The van der Waals surface area contributed by atoms with Crippen molar-refractivity contribution in [3.05, 3.63) is 83.9 Å². The lowest BCUT2D eigenvalue weighted by Crippen LogP contribution is -2.23. The second-order valence-corrected chi connectivity index (χ2v) is 6.14. The van der Waals surface area contributed by atoms with E-state index in [9.17, 15) is 9.59 Å². The Kier molecular flexibility index (Phi) is 5.13. The van der Waals surface area contributed by atoms with Crippen molar-refractivity contribution in [3.8, 4) is 0 Å². The van der Waals surface area contributed by atoms with Crippen molar-refractivity contribution in [1.82, 2.24) is 4.90 Å². The Morgan fingerprint density at radius 2 is 1.58 bits per heavy atom. The molecule has 0 saturated carbocycles. The molecule has 0 aliphatic carbocycles. The van der Waals surface area contributed by atoms with Gasteiger partial charge in [0.25, 0.3) is 5.91 Å². The van der Waals surface area contributed by atoms with Crippen LogP contribution in [0.25, 0.3) is 16.8 Å². The summed E-state index contributed by atoms with van der Waals surface area (Å²) in [6.45, 7) is 0. The predicted octanol–water partition coefficient (Wildman–Crippen LogP) is 4.19. The Labute approximate surface area is 152 Å². The lowest BCUT2D eigenvalue weighted by Gasteiger charge is -2.14. The molecule has 0 spiro atoms. The summed E-state index contributed by atoms with van der Waals surface area (Å²) in [6.07, 6.45) is 3.27. The average Bonchev–Trinajstić information content (AvgIpc) is 2.66. The summed E-state index contributed by atoms with van der Waals surface area (Å²) in [6, 6.07) is 21.0. The van der Waals surface area contributed by atoms with Crippen LogP contribution in [0, 0.1) is 0 Å². The van der Waals surface area contributed by atoms with Crippen molar-refractivity contribution >= 4 is 34.4 Å². The summed E-state index contributed by atoms with van der Waals surface area (Å²) in [5.74, 6) is -0.434. The third kappa shape index (κ3) is 3.81. The Balaban J connectivity index is 1.81. The molecular formula is C22H20N2O2. The SMILES string of the molecule is CN(C)C(=O)c1ccccc1NC(=O)C=Cc1cccc2ccccc12. The number of rotatable bonds is 4. The lowest BCUT2D eigenvalue weighted by atomic mass is 10.0. The molecule has 0 radical (unpaired) electrons. The molecule has 1 N–H and O–H groups in total. The van der Waals surface area contributed by atoms with E-state index < -0.39 is 0 Å². The number of para-hydroxylation sites is 1. The van der Waals surface area contributed by atoms with Crippen LogP contribution in [0.5, 0.6) is 0 Å². The zero-order valence-corrected chi connectivity index (χ0v) is 14.8. The highest BCUT2D eigenvalue weighted by Crippen LogP contribution is 2.20. The van der Waals surface area contributed by atoms with Crippen molar-refractivity contribution in [2.45, 2.75) is 0 Å². The molecule has 4 heteroatoms. The van der Waals surface area contributed by atoms with Crippen molar-refractivity contribution in [2.24, 2.45) is 0 Å². The second kappa shape index (κ2) is 7.66. The van der Waals surface area contributed by atoms with Gasteiger partial charge in [0.2, 0.25) is 5.91 Å². The molecule has 0 heterocycles. The van der Waals surface area contributed by atoms with Crippen molar-refractivity contribution in [2.75, 3.05) is 19.4 Å². The lowest BCUT2D eigenvalue weighted by molar-refractivity contribution is -0.111. The minimum Gasteiger partial charge on any atom is -0.345 e. The normalized spacial score (nSPS) is 10.8. The largest absolute Gasteiger partial charge is 0.345 e. The fourth-order valence-corrected chi connectivity index (χ4v) is 2.76. The van der Waals surface area contributed by atoms with Gasteiger partial charge in [-0.1, -0.05) is 54.6 Å². The van der Waals surface area contributed by atoms with Gasteiger partial charge in [0.15, 0.2) is 0 Å². The van der Waals surface area contributed by atoms with E-state index in [0.717, 1.165) is 16.3 Å². The first-order chi connectivity index (χ1) is 12.6. The summed E-state index contributed by atoms with van der Waals surface area (Å²) < 4.78 is 0. The van der Waals surface area contributed by atoms with Gasteiger partial charge in [-0.3, -0.25) is 9.59 Å². The van der Waals surface area contributed by atoms with Crippen molar-refractivity contribution in [3.63, 3.8) is 0 Å². The monoisotopic (exact) mass is 344 g/mol. The highest BCUT2D eigenvalue weighted by Gasteiger charge is 2.13. The van der Waals surface area contributed by atoms with Gasteiger partial charge in [-0.15, -0.1) is 0 Å². The molecule has 3 rings (SSSR count).